The monoisotopic (exact) mass is 340 g/mol. The van der Waals surface area contributed by atoms with Crippen molar-refractivity contribution in [2.45, 2.75) is 26.4 Å². The van der Waals surface area contributed by atoms with Gasteiger partial charge in [0.1, 0.15) is 12.1 Å². The van der Waals surface area contributed by atoms with Gasteiger partial charge in [-0.15, -0.1) is 5.10 Å². The number of halogens is 1. The van der Waals surface area contributed by atoms with E-state index in [1.54, 1.807) is 0 Å². The Morgan fingerprint density at radius 3 is 2.68 bits per heavy atom. The molecule has 7 heteroatoms. The highest BCUT2D eigenvalue weighted by molar-refractivity contribution is 5.79. The summed E-state index contributed by atoms with van der Waals surface area (Å²) in [6.07, 6.45) is 0. The largest absolute Gasteiger partial charge is 0.348 e. The molecular weight excluding hydrogens is 323 g/mol. The molecule has 1 aromatic heterocycles. The van der Waals surface area contributed by atoms with Crippen LogP contribution in [0, 0.1) is 12.7 Å². The van der Waals surface area contributed by atoms with Crippen molar-refractivity contribution in [2.24, 2.45) is 0 Å². The van der Waals surface area contributed by atoms with Crippen LogP contribution in [0.4, 0.5) is 4.39 Å². The molecule has 0 aliphatic rings. The van der Waals surface area contributed by atoms with Crippen molar-refractivity contribution in [3.63, 3.8) is 0 Å². The van der Waals surface area contributed by atoms with Crippen LogP contribution in [0.15, 0.2) is 47.3 Å². The summed E-state index contributed by atoms with van der Waals surface area (Å²) in [4.78, 5) is 24.5. The van der Waals surface area contributed by atoms with E-state index < -0.39 is 11.4 Å². The Morgan fingerprint density at radius 2 is 1.96 bits per heavy atom. The Kier molecular flexibility index (Phi) is 4.56. The first kappa shape index (κ1) is 16.8. The standard InChI is InChI=1S/C18H17FN4O2/c1-11-6-8-13(9-7-11)12(2)20-16(24)10-23-18(25)14-4-3-5-15(19)17(14)21-22-23/h3-9,12H,10H2,1-2H3,(H,20,24)/t12-/m0/s1. The van der Waals surface area contributed by atoms with E-state index in [0.717, 1.165) is 15.8 Å². The first-order valence-corrected chi connectivity index (χ1v) is 7.83. The van der Waals surface area contributed by atoms with Crippen LogP contribution < -0.4 is 10.9 Å². The molecule has 0 fully saturated rings. The van der Waals surface area contributed by atoms with Gasteiger partial charge in [0, 0.05) is 0 Å². The van der Waals surface area contributed by atoms with Crippen LogP contribution in [0.2, 0.25) is 0 Å². The Bertz CT molecular complexity index is 983. The fourth-order valence-electron chi connectivity index (χ4n) is 2.53. The van der Waals surface area contributed by atoms with Gasteiger partial charge in [-0.3, -0.25) is 9.59 Å². The van der Waals surface area contributed by atoms with Gasteiger partial charge in [-0.25, -0.2) is 9.07 Å². The predicted molar refractivity (Wildman–Crippen MR) is 91.5 cm³/mol. The molecule has 0 bridgehead atoms. The molecule has 0 radical (unpaired) electrons. The number of rotatable bonds is 4. The van der Waals surface area contributed by atoms with Gasteiger partial charge in [-0.1, -0.05) is 41.1 Å². The lowest BCUT2D eigenvalue weighted by atomic mass is 10.1. The van der Waals surface area contributed by atoms with Crippen molar-refractivity contribution >= 4 is 16.8 Å². The lowest BCUT2D eigenvalue weighted by Gasteiger charge is -2.14. The number of hydrogen-bond acceptors (Lipinski definition) is 4. The average Bonchev–Trinajstić information content (AvgIpc) is 2.58. The molecule has 0 aliphatic carbocycles. The van der Waals surface area contributed by atoms with Gasteiger partial charge in [0.15, 0.2) is 5.82 Å². The number of aryl methyl sites for hydroxylation is 1. The number of amides is 1. The molecule has 1 atom stereocenters. The summed E-state index contributed by atoms with van der Waals surface area (Å²) < 4.78 is 14.5. The number of aromatic nitrogens is 3. The molecule has 0 saturated carbocycles. The summed E-state index contributed by atoms with van der Waals surface area (Å²) in [6.45, 7) is 3.56. The summed E-state index contributed by atoms with van der Waals surface area (Å²) in [5.41, 5.74) is 1.44. The first-order chi connectivity index (χ1) is 12.0. The van der Waals surface area contributed by atoms with Crippen molar-refractivity contribution in [3.05, 3.63) is 69.8 Å². The van der Waals surface area contributed by atoms with Gasteiger partial charge in [0.2, 0.25) is 5.91 Å². The van der Waals surface area contributed by atoms with Gasteiger partial charge < -0.3 is 5.32 Å². The van der Waals surface area contributed by atoms with Crippen molar-refractivity contribution in [1.29, 1.82) is 0 Å². The quantitative estimate of drug-likeness (QED) is 0.789. The second kappa shape index (κ2) is 6.80. The van der Waals surface area contributed by atoms with E-state index >= 15 is 0 Å². The summed E-state index contributed by atoms with van der Waals surface area (Å²) >= 11 is 0. The topological polar surface area (TPSA) is 76.9 Å². The summed E-state index contributed by atoms with van der Waals surface area (Å²) in [5, 5.41) is 10.3. The average molecular weight is 340 g/mol. The highest BCUT2D eigenvalue weighted by Crippen LogP contribution is 2.13. The maximum absolute atomic E-state index is 13.6. The molecule has 1 N–H and O–H groups in total. The van der Waals surface area contributed by atoms with E-state index in [-0.39, 0.29) is 29.4 Å². The SMILES string of the molecule is Cc1ccc([C@H](C)NC(=O)Cn2nnc3c(F)cccc3c2=O)cc1. The lowest BCUT2D eigenvalue weighted by molar-refractivity contribution is -0.122. The zero-order chi connectivity index (χ0) is 18.0. The van der Waals surface area contributed by atoms with Crippen molar-refractivity contribution in [2.75, 3.05) is 0 Å². The normalized spacial score (nSPS) is 12.1. The molecule has 1 amide bonds. The lowest BCUT2D eigenvalue weighted by Crippen LogP contribution is -2.35. The zero-order valence-corrected chi connectivity index (χ0v) is 13.9. The Labute approximate surface area is 143 Å². The minimum atomic E-state index is -0.619. The molecule has 0 aliphatic heterocycles. The number of benzene rings is 2. The van der Waals surface area contributed by atoms with Gasteiger partial charge >= 0.3 is 0 Å². The summed E-state index contributed by atoms with van der Waals surface area (Å²) in [7, 11) is 0. The molecule has 1 heterocycles. The second-order valence-electron chi connectivity index (χ2n) is 5.89. The number of carbonyl (C=O) groups is 1. The third-order valence-corrected chi connectivity index (χ3v) is 3.95. The fourth-order valence-corrected chi connectivity index (χ4v) is 2.53. The van der Waals surface area contributed by atoms with E-state index in [4.69, 9.17) is 0 Å². The number of carbonyl (C=O) groups excluding carboxylic acids is 1. The van der Waals surface area contributed by atoms with Gasteiger partial charge in [0.05, 0.1) is 11.4 Å². The van der Waals surface area contributed by atoms with Crippen molar-refractivity contribution in [1.82, 2.24) is 20.3 Å². The van der Waals surface area contributed by atoms with E-state index in [9.17, 15) is 14.0 Å². The second-order valence-corrected chi connectivity index (χ2v) is 5.89. The van der Waals surface area contributed by atoms with Crippen LogP contribution in [0.5, 0.6) is 0 Å². The van der Waals surface area contributed by atoms with Crippen LogP contribution >= 0.6 is 0 Å². The maximum atomic E-state index is 13.6. The van der Waals surface area contributed by atoms with Crippen molar-refractivity contribution < 1.29 is 9.18 Å². The minimum absolute atomic E-state index is 0.0920. The van der Waals surface area contributed by atoms with E-state index in [1.807, 2.05) is 38.1 Å². The number of nitrogens with one attached hydrogen (secondary N) is 1. The fraction of sp³-hybridized carbons (Fsp3) is 0.222. The number of nitrogens with zero attached hydrogens (tertiary/aromatic N) is 3. The highest BCUT2D eigenvalue weighted by Gasteiger charge is 2.14. The molecule has 6 nitrogen and oxygen atoms in total. The van der Waals surface area contributed by atoms with Crippen LogP contribution in [0.25, 0.3) is 10.9 Å². The van der Waals surface area contributed by atoms with E-state index in [2.05, 4.69) is 15.6 Å². The first-order valence-electron chi connectivity index (χ1n) is 7.83. The number of fused-ring (bicyclic) bond motifs is 1. The van der Waals surface area contributed by atoms with E-state index in [0.29, 0.717) is 0 Å². The van der Waals surface area contributed by atoms with Crippen LogP contribution in [0.3, 0.4) is 0 Å². The highest BCUT2D eigenvalue weighted by atomic mass is 19.1. The Morgan fingerprint density at radius 1 is 1.24 bits per heavy atom. The third-order valence-electron chi connectivity index (χ3n) is 3.95. The molecule has 0 saturated heterocycles. The molecule has 3 rings (SSSR count). The van der Waals surface area contributed by atoms with Crippen LogP contribution in [-0.4, -0.2) is 20.9 Å². The third kappa shape index (κ3) is 3.55. The molecule has 3 aromatic rings. The van der Waals surface area contributed by atoms with Crippen LogP contribution in [0.1, 0.15) is 24.1 Å². The molecular formula is C18H17FN4O2. The Balaban J connectivity index is 1.77. The van der Waals surface area contributed by atoms with E-state index in [1.165, 1.54) is 18.2 Å². The minimum Gasteiger partial charge on any atom is -0.348 e. The summed E-state index contributed by atoms with van der Waals surface area (Å²) in [6, 6.07) is 11.7. The van der Waals surface area contributed by atoms with Crippen molar-refractivity contribution in [3.8, 4) is 0 Å². The summed E-state index contributed by atoms with van der Waals surface area (Å²) in [5.74, 6) is -0.994. The zero-order valence-electron chi connectivity index (χ0n) is 13.9. The van der Waals surface area contributed by atoms with Gasteiger partial charge in [-0.2, -0.15) is 0 Å². The van der Waals surface area contributed by atoms with Gasteiger partial charge in [-0.05, 0) is 31.5 Å². The molecule has 0 unspecified atom stereocenters. The smallest absolute Gasteiger partial charge is 0.278 e. The molecule has 2 aromatic carbocycles. The molecule has 25 heavy (non-hydrogen) atoms. The maximum Gasteiger partial charge on any atom is 0.278 e. The predicted octanol–water partition coefficient (Wildman–Crippen LogP) is 2.12. The molecule has 0 spiro atoms. The molecule has 128 valence electrons. The Hall–Kier alpha value is -3.09. The van der Waals surface area contributed by atoms with Crippen LogP contribution in [-0.2, 0) is 11.3 Å². The number of hydrogen-bond donors (Lipinski definition) is 1. The van der Waals surface area contributed by atoms with Gasteiger partial charge in [0.25, 0.3) is 5.56 Å².